The number of hydrogen-bond donors (Lipinski definition) is 0. The summed E-state index contributed by atoms with van der Waals surface area (Å²) in [6.07, 6.45) is 6.09. The normalized spacial score (nSPS) is 10.4. The van der Waals surface area contributed by atoms with Gasteiger partial charge in [-0.3, -0.25) is 0 Å². The van der Waals surface area contributed by atoms with Crippen molar-refractivity contribution < 1.29 is 38.1 Å². The number of rotatable bonds is 12. The molecule has 0 saturated carbocycles. The van der Waals surface area contributed by atoms with Gasteiger partial charge in [0, 0.05) is 24.3 Å². The highest BCUT2D eigenvalue weighted by atomic mass is 16.5. The molecule has 3 aromatic rings. The first kappa shape index (κ1) is 34.4. The van der Waals surface area contributed by atoms with Gasteiger partial charge in [-0.2, -0.15) is 0 Å². The Morgan fingerprint density at radius 3 is 0.841 bits per heavy atom. The number of esters is 4. The van der Waals surface area contributed by atoms with Crippen LogP contribution in [-0.2, 0) is 19.2 Å². The summed E-state index contributed by atoms with van der Waals surface area (Å²) in [5.41, 5.74) is 4.56. The van der Waals surface area contributed by atoms with Crippen LogP contribution in [0.4, 0.5) is 0 Å². The second-order valence-corrected chi connectivity index (χ2v) is 8.69. The first-order valence-corrected chi connectivity index (χ1v) is 13.6. The van der Waals surface area contributed by atoms with Crippen LogP contribution < -0.4 is 18.9 Å². The van der Waals surface area contributed by atoms with Crippen LogP contribution in [0, 0.1) is 0 Å². The van der Waals surface area contributed by atoms with E-state index in [-0.39, 0.29) is 0 Å². The molecule has 0 heterocycles. The smallest absolute Gasteiger partial charge is 0.335 e. The molecule has 8 nitrogen and oxygen atoms in total. The van der Waals surface area contributed by atoms with Crippen molar-refractivity contribution in [2.24, 2.45) is 0 Å². The van der Waals surface area contributed by atoms with Crippen LogP contribution in [0.15, 0.2) is 123 Å². The Labute approximate surface area is 257 Å². The summed E-state index contributed by atoms with van der Waals surface area (Å²) in [6, 6.07) is 20.9. The SMILES string of the molecule is C=CC(=O)Oc1ccc(/C(CC)=C(\CC)c2ccc(OC(=O)C=C)cc2)cc1.C=CC(=O)Oc1ccc(OC(=O)C=C)cc1. The number of carbonyl (C=O) groups excluding carboxylic acids is 4. The van der Waals surface area contributed by atoms with Crippen LogP contribution in [0.2, 0.25) is 0 Å². The van der Waals surface area contributed by atoms with Crippen LogP contribution in [0.5, 0.6) is 23.0 Å². The number of allylic oxidation sites excluding steroid dienone is 2. The van der Waals surface area contributed by atoms with E-state index in [1.807, 2.05) is 24.3 Å². The molecule has 0 fully saturated rings. The average Bonchev–Trinajstić information content (AvgIpc) is 3.05. The standard InChI is InChI=1S/C24H24O4.C12H10O4/c1-5-21(17-9-13-19(14-10-17)27-23(25)7-3)22(6-2)18-11-15-20(16-12-18)28-24(26)8-4;1-3-11(13)15-9-5-7-10(8-6-9)16-12(14)4-2/h7-16H,3-6H2,1-2H3;3-8H,1-2H2/b22-21+;. The molecule has 0 aromatic heterocycles. The minimum absolute atomic E-state index is 0.350. The number of carbonyl (C=O) groups is 4. The summed E-state index contributed by atoms with van der Waals surface area (Å²) in [7, 11) is 0. The molecule has 3 aromatic carbocycles. The predicted octanol–water partition coefficient (Wildman–Crippen LogP) is 7.47. The van der Waals surface area contributed by atoms with Gasteiger partial charge < -0.3 is 18.9 Å². The van der Waals surface area contributed by atoms with Gasteiger partial charge in [-0.05, 0) is 83.6 Å². The summed E-state index contributed by atoms with van der Waals surface area (Å²) < 4.78 is 19.9. The summed E-state index contributed by atoms with van der Waals surface area (Å²) in [6.45, 7) is 17.5. The maximum absolute atomic E-state index is 11.3. The molecular weight excluding hydrogens is 560 g/mol. The molecule has 0 bridgehead atoms. The van der Waals surface area contributed by atoms with Gasteiger partial charge in [0.15, 0.2) is 0 Å². The van der Waals surface area contributed by atoms with Crippen LogP contribution in [0.1, 0.15) is 37.8 Å². The van der Waals surface area contributed by atoms with E-state index in [1.165, 1.54) is 35.4 Å². The van der Waals surface area contributed by atoms with Crippen LogP contribution in [-0.4, -0.2) is 23.9 Å². The predicted molar refractivity (Wildman–Crippen MR) is 170 cm³/mol. The van der Waals surface area contributed by atoms with Crippen LogP contribution in [0.25, 0.3) is 11.1 Å². The molecule has 8 heteroatoms. The third-order valence-corrected chi connectivity index (χ3v) is 5.84. The fourth-order valence-electron chi connectivity index (χ4n) is 3.84. The molecule has 0 aliphatic rings. The summed E-state index contributed by atoms with van der Waals surface area (Å²) in [4.78, 5) is 44.3. The molecular formula is C36H34O8. The number of hydrogen-bond acceptors (Lipinski definition) is 8. The zero-order valence-corrected chi connectivity index (χ0v) is 24.7. The highest BCUT2D eigenvalue weighted by molar-refractivity contribution is 5.91. The largest absolute Gasteiger partial charge is 0.423 e. The lowest BCUT2D eigenvalue weighted by Gasteiger charge is -2.15. The molecule has 0 aliphatic heterocycles. The minimum atomic E-state index is -0.546. The van der Waals surface area contributed by atoms with Crippen molar-refractivity contribution in [1.29, 1.82) is 0 Å². The molecule has 0 radical (unpaired) electrons. The van der Waals surface area contributed by atoms with Crippen molar-refractivity contribution in [3.05, 3.63) is 135 Å². The fraction of sp³-hybridized carbons (Fsp3) is 0.111. The third kappa shape index (κ3) is 10.9. The lowest BCUT2D eigenvalue weighted by molar-refractivity contribution is -0.130. The summed E-state index contributed by atoms with van der Waals surface area (Å²) in [5, 5.41) is 0. The average molecular weight is 595 g/mol. The lowest BCUT2D eigenvalue weighted by Crippen LogP contribution is -2.04. The Morgan fingerprint density at radius 2 is 0.659 bits per heavy atom. The first-order chi connectivity index (χ1) is 21.2. The zero-order chi connectivity index (χ0) is 32.5. The van der Waals surface area contributed by atoms with E-state index in [4.69, 9.17) is 18.9 Å². The highest BCUT2D eigenvalue weighted by Crippen LogP contribution is 2.33. The summed E-state index contributed by atoms with van der Waals surface area (Å²) in [5.74, 6) is -0.389. The van der Waals surface area contributed by atoms with Gasteiger partial charge in [0.1, 0.15) is 23.0 Å². The highest BCUT2D eigenvalue weighted by Gasteiger charge is 2.11. The number of ether oxygens (including phenoxy) is 4. The molecule has 0 atom stereocenters. The number of benzene rings is 3. The topological polar surface area (TPSA) is 105 Å². The quantitative estimate of drug-likeness (QED) is 0.0920. The molecule has 44 heavy (non-hydrogen) atoms. The van der Waals surface area contributed by atoms with Crippen molar-refractivity contribution in [2.75, 3.05) is 0 Å². The van der Waals surface area contributed by atoms with Gasteiger partial charge in [0.05, 0.1) is 0 Å². The molecule has 3 rings (SSSR count). The van der Waals surface area contributed by atoms with Gasteiger partial charge in [0.25, 0.3) is 0 Å². The maximum atomic E-state index is 11.3. The Kier molecular flexibility index (Phi) is 14.0. The molecule has 0 N–H and O–H groups in total. The minimum Gasteiger partial charge on any atom is -0.423 e. The second-order valence-electron chi connectivity index (χ2n) is 8.69. The lowest BCUT2D eigenvalue weighted by atomic mass is 9.91. The van der Waals surface area contributed by atoms with Crippen molar-refractivity contribution in [3.8, 4) is 23.0 Å². The van der Waals surface area contributed by atoms with Crippen molar-refractivity contribution >= 4 is 35.0 Å². The molecule has 0 unspecified atom stereocenters. The van der Waals surface area contributed by atoms with Crippen molar-refractivity contribution in [3.63, 3.8) is 0 Å². The van der Waals surface area contributed by atoms with Gasteiger partial charge in [-0.1, -0.05) is 64.4 Å². The molecule has 0 amide bonds. The second kappa shape index (κ2) is 17.9. The Hall–Kier alpha value is -5.76. The molecule has 0 saturated heterocycles. The summed E-state index contributed by atoms with van der Waals surface area (Å²) >= 11 is 0. The van der Waals surface area contributed by atoms with E-state index >= 15 is 0 Å². The van der Waals surface area contributed by atoms with Crippen molar-refractivity contribution in [1.82, 2.24) is 0 Å². The van der Waals surface area contributed by atoms with E-state index in [9.17, 15) is 19.2 Å². The fourth-order valence-corrected chi connectivity index (χ4v) is 3.84. The van der Waals surface area contributed by atoms with E-state index in [0.717, 1.165) is 48.3 Å². The van der Waals surface area contributed by atoms with E-state index in [2.05, 4.69) is 40.2 Å². The van der Waals surface area contributed by atoms with Gasteiger partial charge in [-0.15, -0.1) is 0 Å². The van der Waals surface area contributed by atoms with Crippen molar-refractivity contribution in [2.45, 2.75) is 26.7 Å². The Bertz CT molecular complexity index is 1410. The van der Waals surface area contributed by atoms with E-state index in [0.29, 0.717) is 23.0 Å². The molecule has 226 valence electrons. The Balaban J connectivity index is 0.000000358. The Morgan fingerprint density at radius 1 is 0.455 bits per heavy atom. The molecule has 0 spiro atoms. The maximum Gasteiger partial charge on any atom is 0.335 e. The van der Waals surface area contributed by atoms with Gasteiger partial charge >= 0.3 is 23.9 Å². The zero-order valence-electron chi connectivity index (χ0n) is 24.7. The third-order valence-electron chi connectivity index (χ3n) is 5.84. The van der Waals surface area contributed by atoms with Gasteiger partial charge in [0.2, 0.25) is 0 Å². The first-order valence-electron chi connectivity index (χ1n) is 13.6. The van der Waals surface area contributed by atoms with Gasteiger partial charge in [-0.25, -0.2) is 19.2 Å². The molecule has 0 aliphatic carbocycles. The monoisotopic (exact) mass is 594 g/mol. The van der Waals surface area contributed by atoms with E-state index in [1.54, 1.807) is 24.3 Å². The van der Waals surface area contributed by atoms with Crippen LogP contribution in [0.3, 0.4) is 0 Å². The van der Waals surface area contributed by atoms with Crippen LogP contribution >= 0.6 is 0 Å². The van der Waals surface area contributed by atoms with E-state index < -0.39 is 23.9 Å².